The maximum Gasteiger partial charge on any atom is 0.0554 e. The minimum Gasteiger partial charge on any atom is -0.310 e. The van der Waals surface area contributed by atoms with E-state index >= 15 is 0 Å². The van der Waals surface area contributed by atoms with Gasteiger partial charge in [-0.05, 0) is 95.1 Å². The Hall–Kier alpha value is -5.48. The maximum absolute atomic E-state index is 2.41. The smallest absolute Gasteiger partial charge is 0.0554 e. The fourth-order valence-electron chi connectivity index (χ4n) is 6.69. The number of para-hydroxylation sites is 2. The summed E-state index contributed by atoms with van der Waals surface area (Å²) in [4.78, 5) is 2.39. The van der Waals surface area contributed by atoms with E-state index in [1.165, 1.54) is 68.3 Å². The third-order valence-electron chi connectivity index (χ3n) is 8.85. The van der Waals surface area contributed by atoms with Crippen molar-refractivity contribution in [3.63, 3.8) is 0 Å². The van der Waals surface area contributed by atoms with Crippen molar-refractivity contribution >= 4 is 91.7 Å². The first kappa shape index (κ1) is 27.8. The molecule has 0 amide bonds. The van der Waals surface area contributed by atoms with Gasteiger partial charge in [0.2, 0.25) is 0 Å². The van der Waals surface area contributed by atoms with Gasteiger partial charge < -0.3 is 4.90 Å². The van der Waals surface area contributed by atoms with Crippen molar-refractivity contribution in [2.45, 2.75) is 0 Å². The number of hydrogen-bond donors (Lipinski definition) is 0. The molecule has 222 valence electrons. The van der Waals surface area contributed by atoms with Gasteiger partial charge in [-0.15, -0.1) is 22.7 Å². The molecule has 47 heavy (non-hydrogen) atoms. The number of thiophene rings is 2. The first-order valence-corrected chi connectivity index (χ1v) is 17.5. The second-order valence-electron chi connectivity index (χ2n) is 11.7. The molecule has 7 aromatic carbocycles. The predicted molar refractivity (Wildman–Crippen MR) is 207 cm³/mol. The van der Waals surface area contributed by atoms with Crippen LogP contribution in [0.25, 0.3) is 52.0 Å². The number of rotatable bonds is 6. The van der Waals surface area contributed by atoms with Crippen LogP contribution in [0.3, 0.4) is 0 Å². The summed E-state index contributed by atoms with van der Waals surface area (Å²) in [6.07, 6.45) is 2.34. The highest BCUT2D eigenvalue weighted by atomic mass is 32.1. The lowest BCUT2D eigenvalue weighted by Gasteiger charge is -2.26. The Balaban J connectivity index is 1.28. The summed E-state index contributed by atoms with van der Waals surface area (Å²) in [7, 11) is 0. The lowest BCUT2D eigenvalue weighted by Crippen LogP contribution is -2.09. The fraction of sp³-hybridized carbons (Fsp3) is 0. The van der Waals surface area contributed by atoms with E-state index in [9.17, 15) is 0 Å². The summed E-state index contributed by atoms with van der Waals surface area (Å²) >= 11 is 3.73. The van der Waals surface area contributed by atoms with E-state index in [0.717, 1.165) is 11.4 Å². The Labute approximate surface area is 281 Å². The molecule has 3 heteroatoms. The van der Waals surface area contributed by atoms with E-state index in [1.807, 2.05) is 22.7 Å². The van der Waals surface area contributed by atoms with Crippen LogP contribution < -0.4 is 4.90 Å². The van der Waals surface area contributed by atoms with E-state index in [0.29, 0.717) is 0 Å². The SMILES string of the molecule is C(=C(/c1ccc2sc3ccccc3c2c1)c1ccc2sc3cccc(N(c4ccccc4)c4ccccc4)c3c2c1)/c1ccccc1. The molecule has 0 aliphatic heterocycles. The molecule has 0 N–H and O–H groups in total. The second kappa shape index (κ2) is 11.7. The van der Waals surface area contributed by atoms with Gasteiger partial charge in [-0.2, -0.15) is 0 Å². The van der Waals surface area contributed by atoms with Gasteiger partial charge >= 0.3 is 0 Å². The molecule has 0 fully saturated rings. The molecule has 0 radical (unpaired) electrons. The molecule has 0 saturated heterocycles. The number of fused-ring (bicyclic) bond motifs is 6. The van der Waals surface area contributed by atoms with Crippen molar-refractivity contribution in [3.05, 3.63) is 187 Å². The summed E-state index contributed by atoms with van der Waals surface area (Å²) in [5, 5.41) is 5.18. The Kier molecular flexibility index (Phi) is 6.93. The molecule has 1 nitrogen and oxygen atoms in total. The maximum atomic E-state index is 2.41. The van der Waals surface area contributed by atoms with Gasteiger partial charge in [-0.3, -0.25) is 0 Å². The van der Waals surface area contributed by atoms with Crippen LogP contribution in [0.2, 0.25) is 0 Å². The third kappa shape index (κ3) is 5.01. The zero-order valence-corrected chi connectivity index (χ0v) is 27.1. The number of anilines is 3. The average molecular weight is 636 g/mol. The van der Waals surface area contributed by atoms with Gasteiger partial charge in [0.1, 0.15) is 0 Å². The Morgan fingerprint density at radius 2 is 0.957 bits per heavy atom. The molecule has 0 aliphatic carbocycles. The van der Waals surface area contributed by atoms with Crippen LogP contribution in [0.4, 0.5) is 17.1 Å². The molecule has 0 spiro atoms. The highest BCUT2D eigenvalue weighted by molar-refractivity contribution is 7.26. The quantitative estimate of drug-likeness (QED) is 0.164. The van der Waals surface area contributed by atoms with Crippen LogP contribution in [0, 0.1) is 0 Å². The second-order valence-corrected chi connectivity index (χ2v) is 13.9. The van der Waals surface area contributed by atoms with Gasteiger partial charge in [0.15, 0.2) is 0 Å². The minimum atomic E-state index is 1.14. The Morgan fingerprint density at radius 3 is 1.66 bits per heavy atom. The summed E-state index contributed by atoms with van der Waals surface area (Å²) in [5.74, 6) is 0. The molecule has 0 aliphatic rings. The number of nitrogens with zero attached hydrogens (tertiary/aromatic N) is 1. The summed E-state index contributed by atoms with van der Waals surface area (Å²) in [6.45, 7) is 0. The molecule has 0 saturated carbocycles. The topological polar surface area (TPSA) is 3.24 Å². The van der Waals surface area contributed by atoms with Gasteiger partial charge in [0, 0.05) is 51.7 Å². The van der Waals surface area contributed by atoms with Crippen molar-refractivity contribution in [1.82, 2.24) is 0 Å². The van der Waals surface area contributed by atoms with E-state index in [-0.39, 0.29) is 0 Å². The van der Waals surface area contributed by atoms with E-state index in [2.05, 4.69) is 181 Å². The largest absolute Gasteiger partial charge is 0.310 e. The predicted octanol–water partition coefficient (Wildman–Crippen LogP) is 13.5. The van der Waals surface area contributed by atoms with Crippen LogP contribution in [0.5, 0.6) is 0 Å². The molecular weight excluding hydrogens is 607 g/mol. The molecule has 9 rings (SSSR count). The highest BCUT2D eigenvalue weighted by Crippen LogP contribution is 2.46. The molecular formula is C44H29NS2. The fourth-order valence-corrected chi connectivity index (χ4v) is 8.88. The third-order valence-corrected chi connectivity index (χ3v) is 11.1. The van der Waals surface area contributed by atoms with Gasteiger partial charge in [0.25, 0.3) is 0 Å². The monoisotopic (exact) mass is 635 g/mol. The lowest BCUT2D eigenvalue weighted by molar-refractivity contribution is 1.30. The Morgan fingerprint density at radius 1 is 0.426 bits per heavy atom. The first-order chi connectivity index (χ1) is 23.3. The summed E-state index contributed by atoms with van der Waals surface area (Å²) < 4.78 is 5.22. The van der Waals surface area contributed by atoms with E-state index in [1.54, 1.807) is 0 Å². The molecule has 2 heterocycles. The lowest BCUT2D eigenvalue weighted by atomic mass is 9.93. The van der Waals surface area contributed by atoms with Crippen molar-refractivity contribution < 1.29 is 0 Å². The zero-order chi connectivity index (χ0) is 31.2. The Bertz CT molecular complexity index is 2520. The van der Waals surface area contributed by atoms with Gasteiger partial charge in [-0.25, -0.2) is 0 Å². The van der Waals surface area contributed by atoms with Crippen molar-refractivity contribution in [2.24, 2.45) is 0 Å². The first-order valence-electron chi connectivity index (χ1n) is 15.8. The van der Waals surface area contributed by atoms with Crippen LogP contribution in [-0.2, 0) is 0 Å². The molecule has 9 aromatic rings. The normalized spacial score (nSPS) is 12.0. The van der Waals surface area contributed by atoms with Gasteiger partial charge in [0.05, 0.1) is 5.69 Å². The summed E-state index contributed by atoms with van der Waals surface area (Å²) in [5.41, 5.74) is 8.30. The molecule has 2 aromatic heterocycles. The van der Waals surface area contributed by atoms with Crippen molar-refractivity contribution in [2.75, 3.05) is 4.90 Å². The van der Waals surface area contributed by atoms with E-state index < -0.39 is 0 Å². The standard InChI is InChI=1S/C44H29NS2/c1-4-13-30(14-5-1)27-36(31-23-25-41-37(28-31)35-19-10-11-21-40(35)46-41)32-24-26-42-38(29-32)44-39(20-12-22-43(44)47-42)45(33-15-6-2-7-16-33)34-17-8-3-9-18-34/h1-29H/b36-27+. The van der Waals surface area contributed by atoms with E-state index in [4.69, 9.17) is 0 Å². The number of hydrogen-bond acceptors (Lipinski definition) is 3. The van der Waals surface area contributed by atoms with Crippen LogP contribution in [-0.4, -0.2) is 0 Å². The van der Waals surface area contributed by atoms with Crippen LogP contribution in [0.1, 0.15) is 16.7 Å². The molecule has 0 atom stereocenters. The van der Waals surface area contributed by atoms with Crippen LogP contribution in [0.15, 0.2) is 170 Å². The highest BCUT2D eigenvalue weighted by Gasteiger charge is 2.19. The summed E-state index contributed by atoms with van der Waals surface area (Å²) in [6, 6.07) is 61.5. The average Bonchev–Trinajstić information content (AvgIpc) is 3.70. The van der Waals surface area contributed by atoms with Crippen molar-refractivity contribution in [3.8, 4) is 0 Å². The molecule has 0 bridgehead atoms. The van der Waals surface area contributed by atoms with Crippen molar-refractivity contribution in [1.29, 1.82) is 0 Å². The van der Waals surface area contributed by atoms with Crippen LogP contribution >= 0.6 is 22.7 Å². The van der Waals surface area contributed by atoms with Gasteiger partial charge in [-0.1, -0.05) is 103 Å². The molecule has 0 unspecified atom stereocenters. The zero-order valence-electron chi connectivity index (χ0n) is 25.5. The number of benzene rings is 7. The minimum absolute atomic E-state index is 1.14.